The Morgan fingerprint density at radius 3 is 2.69 bits per heavy atom. The minimum Gasteiger partial charge on any atom is -0.439 e. The van der Waals surface area contributed by atoms with E-state index in [4.69, 9.17) is 10.2 Å². The molecule has 2 N–H and O–H groups in total. The summed E-state index contributed by atoms with van der Waals surface area (Å²) in [4.78, 5) is 8.66. The van der Waals surface area contributed by atoms with E-state index in [1.165, 1.54) is 11.8 Å². The minimum absolute atomic E-state index is 0.468. The summed E-state index contributed by atoms with van der Waals surface area (Å²) in [7, 11) is 0. The Labute approximate surface area is 98.3 Å². The third kappa shape index (κ3) is 2.43. The largest absolute Gasteiger partial charge is 0.439 e. The van der Waals surface area contributed by atoms with Gasteiger partial charge in [0.25, 0.3) is 5.22 Å². The van der Waals surface area contributed by atoms with Crippen LogP contribution in [0.4, 0.5) is 0 Å². The lowest BCUT2D eigenvalue weighted by atomic mass is 10.2. The molecule has 0 bridgehead atoms. The number of hydrogen-bond donors (Lipinski definition) is 1. The highest BCUT2D eigenvalue weighted by molar-refractivity contribution is 7.99. The van der Waals surface area contributed by atoms with E-state index >= 15 is 0 Å². The highest BCUT2D eigenvalue weighted by atomic mass is 32.2. The Morgan fingerprint density at radius 1 is 1.25 bits per heavy atom. The van der Waals surface area contributed by atoms with Crippen LogP contribution in [0, 0.1) is 13.8 Å². The summed E-state index contributed by atoms with van der Waals surface area (Å²) in [6, 6.07) is 3.94. The van der Waals surface area contributed by atoms with Crippen LogP contribution in [0.5, 0.6) is 0 Å². The van der Waals surface area contributed by atoms with E-state index < -0.39 is 0 Å². The number of nitrogens with two attached hydrogens (primary N) is 1. The van der Waals surface area contributed by atoms with E-state index in [0.717, 1.165) is 22.0 Å². The second-order valence-electron chi connectivity index (χ2n) is 3.48. The normalized spacial score (nSPS) is 10.7. The van der Waals surface area contributed by atoms with Gasteiger partial charge in [-0.3, -0.25) is 0 Å². The lowest BCUT2D eigenvalue weighted by molar-refractivity contribution is 0.453. The van der Waals surface area contributed by atoms with E-state index in [2.05, 4.69) is 9.97 Å². The van der Waals surface area contributed by atoms with E-state index in [-0.39, 0.29) is 0 Å². The van der Waals surface area contributed by atoms with Crippen molar-refractivity contribution < 1.29 is 4.42 Å². The van der Waals surface area contributed by atoms with Crippen molar-refractivity contribution >= 4 is 11.8 Å². The Hall–Kier alpha value is -1.33. The Balaban J connectivity index is 2.29. The molecule has 0 atom stereocenters. The Bertz CT molecular complexity index is 496. The molecule has 5 heteroatoms. The van der Waals surface area contributed by atoms with Crippen molar-refractivity contribution in [3.8, 4) is 0 Å². The van der Waals surface area contributed by atoms with Crippen molar-refractivity contribution in [2.45, 2.75) is 30.6 Å². The highest BCUT2D eigenvalue weighted by Crippen LogP contribution is 2.28. The number of rotatable bonds is 3. The number of pyridine rings is 1. The number of oxazole rings is 1. The number of aromatic nitrogens is 2. The second kappa shape index (κ2) is 4.67. The topological polar surface area (TPSA) is 64.9 Å². The molecule has 16 heavy (non-hydrogen) atoms. The molecule has 4 nitrogen and oxygen atoms in total. The summed E-state index contributed by atoms with van der Waals surface area (Å²) >= 11 is 1.40. The molecule has 2 heterocycles. The van der Waals surface area contributed by atoms with Crippen molar-refractivity contribution in [1.29, 1.82) is 0 Å². The van der Waals surface area contributed by atoms with Crippen molar-refractivity contribution in [3.05, 3.63) is 35.3 Å². The van der Waals surface area contributed by atoms with Crippen LogP contribution in [-0.2, 0) is 6.54 Å². The quantitative estimate of drug-likeness (QED) is 0.884. The van der Waals surface area contributed by atoms with Crippen molar-refractivity contribution in [2.75, 3.05) is 0 Å². The van der Waals surface area contributed by atoms with Crippen LogP contribution < -0.4 is 5.73 Å². The summed E-state index contributed by atoms with van der Waals surface area (Å²) in [6.07, 6.45) is 1.63. The molecule has 0 aliphatic carbocycles. The van der Waals surface area contributed by atoms with Crippen molar-refractivity contribution in [3.63, 3.8) is 0 Å². The van der Waals surface area contributed by atoms with Gasteiger partial charge in [-0.25, -0.2) is 9.97 Å². The first kappa shape index (κ1) is 11.2. The first-order valence-corrected chi connectivity index (χ1v) is 5.77. The molecule has 0 aliphatic rings. The third-order valence-electron chi connectivity index (χ3n) is 2.08. The minimum atomic E-state index is 0.468. The zero-order chi connectivity index (χ0) is 11.5. The van der Waals surface area contributed by atoms with Gasteiger partial charge in [-0.15, -0.1) is 0 Å². The molecular weight excluding hydrogens is 222 g/mol. The molecule has 0 aromatic carbocycles. The fourth-order valence-corrected chi connectivity index (χ4v) is 2.19. The molecule has 2 aromatic rings. The summed E-state index contributed by atoms with van der Waals surface area (Å²) in [5.74, 6) is 0. The highest BCUT2D eigenvalue weighted by Gasteiger charge is 2.09. The molecule has 0 unspecified atom stereocenters. The summed E-state index contributed by atoms with van der Waals surface area (Å²) < 4.78 is 5.28. The van der Waals surface area contributed by atoms with Crippen molar-refractivity contribution in [2.24, 2.45) is 5.73 Å². The maximum atomic E-state index is 5.66. The van der Waals surface area contributed by atoms with Gasteiger partial charge in [-0.05, 0) is 37.2 Å². The van der Waals surface area contributed by atoms with E-state index in [1.54, 1.807) is 6.26 Å². The van der Waals surface area contributed by atoms with Gasteiger partial charge in [0.15, 0.2) is 0 Å². The first-order chi connectivity index (χ1) is 7.69. The summed E-state index contributed by atoms with van der Waals surface area (Å²) in [6.45, 7) is 4.31. The number of aryl methyl sites for hydroxylation is 2. The second-order valence-corrected chi connectivity index (χ2v) is 4.42. The van der Waals surface area contributed by atoms with Crippen LogP contribution in [0.15, 0.2) is 33.1 Å². The van der Waals surface area contributed by atoms with Gasteiger partial charge >= 0.3 is 0 Å². The zero-order valence-corrected chi connectivity index (χ0v) is 10.0. The van der Waals surface area contributed by atoms with Crippen LogP contribution >= 0.6 is 11.8 Å². The van der Waals surface area contributed by atoms with Crippen LogP contribution in [0.2, 0.25) is 0 Å². The fraction of sp³-hybridized carbons (Fsp3) is 0.273. The smallest absolute Gasteiger partial charge is 0.262 e. The predicted molar refractivity (Wildman–Crippen MR) is 62.2 cm³/mol. The van der Waals surface area contributed by atoms with Crippen LogP contribution in [0.1, 0.15) is 17.0 Å². The number of hydrogen-bond acceptors (Lipinski definition) is 5. The van der Waals surface area contributed by atoms with Gasteiger partial charge < -0.3 is 10.2 Å². The predicted octanol–water partition coefficient (Wildman–Crippen LogP) is 2.30. The van der Waals surface area contributed by atoms with Crippen LogP contribution in [0.3, 0.4) is 0 Å². The lowest BCUT2D eigenvalue weighted by Crippen LogP contribution is -2.00. The molecular formula is C11H13N3OS. The Kier molecular flexibility index (Phi) is 3.26. The molecule has 2 rings (SSSR count). The van der Waals surface area contributed by atoms with Gasteiger partial charge in [0, 0.05) is 12.2 Å². The average Bonchev–Trinajstić information content (AvgIpc) is 2.64. The van der Waals surface area contributed by atoms with E-state index in [0.29, 0.717) is 11.8 Å². The summed E-state index contributed by atoms with van der Waals surface area (Å²) in [5.41, 5.74) is 8.49. The molecule has 2 aromatic heterocycles. The standard InChI is InChI=1S/C11H13N3OS/c1-7-3-4-9(5-12)10(13-7)16-11-14-8(2)6-15-11/h3-4,6H,5,12H2,1-2H3. The van der Waals surface area contributed by atoms with Gasteiger partial charge in [0.2, 0.25) is 0 Å². The van der Waals surface area contributed by atoms with Gasteiger partial charge in [0.05, 0.1) is 5.69 Å². The molecule has 0 saturated heterocycles. The Morgan fingerprint density at radius 2 is 2.06 bits per heavy atom. The van der Waals surface area contributed by atoms with Crippen molar-refractivity contribution in [1.82, 2.24) is 9.97 Å². The van der Waals surface area contributed by atoms with Crippen LogP contribution in [0.25, 0.3) is 0 Å². The summed E-state index contributed by atoms with van der Waals surface area (Å²) in [5, 5.41) is 1.47. The van der Waals surface area contributed by atoms with E-state index in [1.807, 2.05) is 26.0 Å². The fourth-order valence-electron chi connectivity index (χ4n) is 1.27. The average molecular weight is 235 g/mol. The molecule has 0 amide bonds. The molecule has 0 saturated carbocycles. The maximum absolute atomic E-state index is 5.66. The SMILES string of the molecule is Cc1coc(Sc2nc(C)ccc2CN)n1. The van der Waals surface area contributed by atoms with Gasteiger partial charge in [-0.2, -0.15) is 0 Å². The van der Waals surface area contributed by atoms with Gasteiger partial charge in [-0.1, -0.05) is 6.07 Å². The third-order valence-corrected chi connectivity index (χ3v) is 2.99. The number of nitrogens with zero attached hydrogens (tertiary/aromatic N) is 2. The van der Waals surface area contributed by atoms with Gasteiger partial charge in [0.1, 0.15) is 11.3 Å². The van der Waals surface area contributed by atoms with Crippen LogP contribution in [-0.4, -0.2) is 9.97 Å². The molecule has 0 spiro atoms. The molecule has 0 fully saturated rings. The van der Waals surface area contributed by atoms with E-state index in [9.17, 15) is 0 Å². The monoisotopic (exact) mass is 235 g/mol. The molecule has 0 radical (unpaired) electrons. The zero-order valence-electron chi connectivity index (χ0n) is 9.23. The lowest BCUT2D eigenvalue weighted by Gasteiger charge is -2.04. The molecule has 84 valence electrons. The first-order valence-electron chi connectivity index (χ1n) is 4.95. The maximum Gasteiger partial charge on any atom is 0.262 e. The molecule has 0 aliphatic heterocycles.